The Morgan fingerprint density at radius 1 is 1.26 bits per heavy atom. The standard InChI is InChI=1S/C16H25N3O3S/c1-2-23(20,21)19-8-5-15-12-18(9-10-22-16(15)13-19)11-14-3-6-17-7-4-14/h3-4,6-7,15-16H,2,5,8-13H2,1H3/t15-,16-/m0/s1. The van der Waals surface area contributed by atoms with E-state index < -0.39 is 10.0 Å². The summed E-state index contributed by atoms with van der Waals surface area (Å²) in [5.41, 5.74) is 1.25. The van der Waals surface area contributed by atoms with Gasteiger partial charge in [0.2, 0.25) is 10.0 Å². The van der Waals surface area contributed by atoms with Crippen molar-refractivity contribution in [1.29, 1.82) is 0 Å². The first-order valence-electron chi connectivity index (χ1n) is 8.29. The van der Waals surface area contributed by atoms with E-state index >= 15 is 0 Å². The molecule has 6 nitrogen and oxygen atoms in total. The SMILES string of the molecule is CCS(=O)(=O)N1CC[C@H]2CN(Cc3ccncc3)CCO[C@H]2C1. The van der Waals surface area contributed by atoms with Gasteiger partial charge in [-0.25, -0.2) is 8.42 Å². The zero-order chi connectivity index (χ0) is 16.3. The van der Waals surface area contributed by atoms with Crippen molar-refractivity contribution in [3.63, 3.8) is 0 Å². The highest BCUT2D eigenvalue weighted by atomic mass is 32.2. The molecule has 0 aliphatic carbocycles. The molecule has 0 N–H and O–H groups in total. The molecule has 23 heavy (non-hydrogen) atoms. The van der Waals surface area contributed by atoms with Crippen LogP contribution in [0.15, 0.2) is 24.5 Å². The largest absolute Gasteiger partial charge is 0.375 e. The molecule has 0 bridgehead atoms. The van der Waals surface area contributed by atoms with Crippen LogP contribution in [0.4, 0.5) is 0 Å². The minimum atomic E-state index is -3.11. The summed E-state index contributed by atoms with van der Waals surface area (Å²) in [5.74, 6) is 0.570. The fraction of sp³-hybridized carbons (Fsp3) is 0.688. The molecular formula is C16H25N3O3S. The third-order valence-corrected chi connectivity index (χ3v) is 6.65. The van der Waals surface area contributed by atoms with Gasteiger partial charge in [0.1, 0.15) is 0 Å². The van der Waals surface area contributed by atoms with Crippen LogP contribution in [0.2, 0.25) is 0 Å². The molecule has 1 aromatic heterocycles. The fourth-order valence-corrected chi connectivity index (χ4v) is 4.54. The lowest BCUT2D eigenvalue weighted by Gasteiger charge is -2.37. The lowest BCUT2D eigenvalue weighted by molar-refractivity contribution is -0.00187. The van der Waals surface area contributed by atoms with Gasteiger partial charge in [0.25, 0.3) is 0 Å². The van der Waals surface area contributed by atoms with Crippen molar-refractivity contribution >= 4 is 10.0 Å². The Bertz CT molecular complexity index is 608. The molecule has 0 radical (unpaired) electrons. The number of aromatic nitrogens is 1. The number of hydrogen-bond acceptors (Lipinski definition) is 5. The van der Waals surface area contributed by atoms with E-state index in [1.165, 1.54) is 5.56 Å². The van der Waals surface area contributed by atoms with Gasteiger partial charge in [-0.3, -0.25) is 9.88 Å². The van der Waals surface area contributed by atoms with E-state index in [0.29, 0.717) is 25.6 Å². The van der Waals surface area contributed by atoms with Gasteiger partial charge in [-0.2, -0.15) is 4.31 Å². The van der Waals surface area contributed by atoms with Crippen molar-refractivity contribution in [2.75, 3.05) is 38.5 Å². The van der Waals surface area contributed by atoms with Gasteiger partial charge in [0, 0.05) is 51.0 Å². The molecule has 128 valence electrons. The van der Waals surface area contributed by atoms with Gasteiger partial charge < -0.3 is 4.74 Å². The van der Waals surface area contributed by atoms with Gasteiger partial charge >= 0.3 is 0 Å². The molecule has 0 spiro atoms. The molecule has 1 aromatic rings. The van der Waals surface area contributed by atoms with Crippen molar-refractivity contribution in [2.45, 2.75) is 26.0 Å². The summed E-state index contributed by atoms with van der Waals surface area (Å²) in [6.45, 7) is 6.22. The highest BCUT2D eigenvalue weighted by Gasteiger charge is 2.36. The van der Waals surface area contributed by atoms with Crippen LogP contribution in [0, 0.1) is 5.92 Å². The van der Waals surface area contributed by atoms with Crippen LogP contribution >= 0.6 is 0 Å². The summed E-state index contributed by atoms with van der Waals surface area (Å²) in [4.78, 5) is 6.46. The Balaban J connectivity index is 1.62. The molecule has 7 heteroatoms. The summed E-state index contributed by atoms with van der Waals surface area (Å²) >= 11 is 0. The van der Waals surface area contributed by atoms with E-state index in [4.69, 9.17) is 4.74 Å². The molecule has 3 rings (SSSR count). The number of nitrogens with zero attached hydrogens (tertiary/aromatic N) is 3. The minimum absolute atomic E-state index is 0.0208. The number of sulfonamides is 1. The monoisotopic (exact) mass is 339 g/mol. The number of piperidine rings is 1. The van der Waals surface area contributed by atoms with E-state index in [-0.39, 0.29) is 11.9 Å². The van der Waals surface area contributed by atoms with Crippen LogP contribution in [0.3, 0.4) is 0 Å². The third kappa shape index (κ3) is 4.09. The van der Waals surface area contributed by atoms with Crippen molar-refractivity contribution in [1.82, 2.24) is 14.2 Å². The third-order valence-electron chi connectivity index (χ3n) is 4.80. The van der Waals surface area contributed by atoms with Crippen molar-refractivity contribution in [3.05, 3.63) is 30.1 Å². The second kappa shape index (κ2) is 7.25. The van der Waals surface area contributed by atoms with Gasteiger partial charge in [-0.1, -0.05) is 0 Å². The lowest BCUT2D eigenvalue weighted by Crippen LogP contribution is -2.49. The average Bonchev–Trinajstić information content (AvgIpc) is 2.76. The van der Waals surface area contributed by atoms with Crippen LogP contribution in [0.5, 0.6) is 0 Å². The summed E-state index contributed by atoms with van der Waals surface area (Å²) in [6.07, 6.45) is 4.53. The van der Waals surface area contributed by atoms with E-state index in [0.717, 1.165) is 26.1 Å². The van der Waals surface area contributed by atoms with Gasteiger partial charge in [0.15, 0.2) is 0 Å². The molecule has 0 aromatic carbocycles. The van der Waals surface area contributed by atoms with Crippen LogP contribution < -0.4 is 0 Å². The van der Waals surface area contributed by atoms with E-state index in [2.05, 4.69) is 9.88 Å². The van der Waals surface area contributed by atoms with Gasteiger partial charge in [-0.15, -0.1) is 0 Å². The second-order valence-electron chi connectivity index (χ2n) is 6.31. The molecule has 3 heterocycles. The first-order valence-corrected chi connectivity index (χ1v) is 9.90. The Morgan fingerprint density at radius 2 is 2.04 bits per heavy atom. The molecule has 0 unspecified atom stereocenters. The summed E-state index contributed by atoms with van der Waals surface area (Å²) in [7, 11) is -3.11. The first-order chi connectivity index (χ1) is 11.1. The van der Waals surface area contributed by atoms with Crippen LogP contribution in [-0.2, 0) is 21.3 Å². The predicted molar refractivity (Wildman–Crippen MR) is 88.4 cm³/mol. The normalized spacial score (nSPS) is 27.3. The molecule has 2 atom stereocenters. The number of pyridine rings is 1. The molecule has 2 fully saturated rings. The number of rotatable bonds is 4. The quantitative estimate of drug-likeness (QED) is 0.817. The number of fused-ring (bicyclic) bond motifs is 1. The summed E-state index contributed by atoms with van der Waals surface area (Å²) < 4.78 is 31.7. The minimum Gasteiger partial charge on any atom is -0.375 e. The topological polar surface area (TPSA) is 62.7 Å². The van der Waals surface area contributed by atoms with E-state index in [1.807, 2.05) is 24.5 Å². The molecule has 0 amide bonds. The summed E-state index contributed by atoms with van der Waals surface area (Å²) in [6, 6.07) is 4.08. The molecule has 0 saturated carbocycles. The van der Waals surface area contributed by atoms with E-state index in [9.17, 15) is 8.42 Å². The fourth-order valence-electron chi connectivity index (χ4n) is 3.42. The highest BCUT2D eigenvalue weighted by molar-refractivity contribution is 7.89. The second-order valence-corrected chi connectivity index (χ2v) is 8.56. The lowest BCUT2D eigenvalue weighted by atomic mass is 9.94. The molecule has 2 saturated heterocycles. The Labute approximate surface area is 138 Å². The first kappa shape index (κ1) is 16.8. The Kier molecular flexibility index (Phi) is 5.31. The average molecular weight is 339 g/mol. The zero-order valence-corrected chi connectivity index (χ0v) is 14.4. The number of ether oxygens (including phenoxy) is 1. The molecule has 2 aliphatic rings. The molecule has 2 aliphatic heterocycles. The maximum absolute atomic E-state index is 12.1. The smallest absolute Gasteiger partial charge is 0.213 e. The zero-order valence-electron chi connectivity index (χ0n) is 13.6. The highest BCUT2D eigenvalue weighted by Crippen LogP contribution is 2.26. The van der Waals surface area contributed by atoms with Crippen LogP contribution in [-0.4, -0.2) is 67.2 Å². The maximum atomic E-state index is 12.1. The van der Waals surface area contributed by atoms with Crippen molar-refractivity contribution < 1.29 is 13.2 Å². The van der Waals surface area contributed by atoms with Crippen molar-refractivity contribution in [2.24, 2.45) is 5.92 Å². The number of hydrogen-bond donors (Lipinski definition) is 0. The van der Waals surface area contributed by atoms with Crippen LogP contribution in [0.25, 0.3) is 0 Å². The van der Waals surface area contributed by atoms with Gasteiger partial charge in [-0.05, 0) is 31.0 Å². The molecular weight excluding hydrogens is 314 g/mol. The van der Waals surface area contributed by atoms with Crippen molar-refractivity contribution in [3.8, 4) is 0 Å². The van der Waals surface area contributed by atoms with Crippen LogP contribution in [0.1, 0.15) is 18.9 Å². The summed E-state index contributed by atoms with van der Waals surface area (Å²) in [5, 5.41) is 0. The Hall–Kier alpha value is -1.02. The van der Waals surface area contributed by atoms with Gasteiger partial charge in [0.05, 0.1) is 18.5 Å². The van der Waals surface area contributed by atoms with E-state index in [1.54, 1.807) is 11.2 Å². The Morgan fingerprint density at radius 3 is 2.78 bits per heavy atom. The maximum Gasteiger partial charge on any atom is 0.213 e. The predicted octanol–water partition coefficient (Wildman–Crippen LogP) is 0.954.